The SMILES string of the molecule is CCN1CCN(c2c(CN(C(=O)Nc3cccc(OC)c3)C3CC3)c(C)nn2-c2cccc(F)c2)CC1. The first-order valence-electron chi connectivity index (χ1n) is 13.0. The molecule has 2 amide bonds. The van der Waals surface area contributed by atoms with E-state index < -0.39 is 0 Å². The number of nitrogens with one attached hydrogen (secondary N) is 1. The molecule has 1 aromatic heterocycles. The minimum Gasteiger partial charge on any atom is -0.497 e. The smallest absolute Gasteiger partial charge is 0.322 e. The van der Waals surface area contributed by atoms with Crippen molar-refractivity contribution in [3.63, 3.8) is 0 Å². The lowest BCUT2D eigenvalue weighted by molar-refractivity contribution is 0.206. The van der Waals surface area contributed by atoms with Crippen LogP contribution in [0.2, 0.25) is 0 Å². The average molecular weight is 507 g/mol. The number of hydrogen-bond donors (Lipinski definition) is 1. The predicted octanol–water partition coefficient (Wildman–Crippen LogP) is 4.67. The van der Waals surface area contributed by atoms with Gasteiger partial charge in [-0.25, -0.2) is 13.9 Å². The van der Waals surface area contributed by atoms with Crippen molar-refractivity contribution >= 4 is 17.5 Å². The van der Waals surface area contributed by atoms with Gasteiger partial charge in [0, 0.05) is 49.5 Å². The Morgan fingerprint density at radius 3 is 2.57 bits per heavy atom. The summed E-state index contributed by atoms with van der Waals surface area (Å²) in [6, 6.07) is 14.0. The molecule has 2 aromatic carbocycles. The summed E-state index contributed by atoms with van der Waals surface area (Å²) in [5, 5.41) is 7.90. The van der Waals surface area contributed by atoms with Crippen LogP contribution in [0, 0.1) is 12.7 Å². The molecule has 0 spiro atoms. The van der Waals surface area contributed by atoms with Gasteiger partial charge in [-0.3, -0.25) is 0 Å². The molecule has 37 heavy (non-hydrogen) atoms. The fraction of sp³-hybridized carbons (Fsp3) is 0.429. The van der Waals surface area contributed by atoms with Gasteiger partial charge in [0.2, 0.25) is 0 Å². The number of likely N-dealkylation sites (N-methyl/N-ethyl adjacent to an activating group) is 1. The van der Waals surface area contributed by atoms with Gasteiger partial charge in [-0.2, -0.15) is 5.10 Å². The van der Waals surface area contributed by atoms with Gasteiger partial charge in [-0.1, -0.05) is 19.1 Å². The molecule has 1 saturated heterocycles. The van der Waals surface area contributed by atoms with Crippen molar-refractivity contribution in [2.24, 2.45) is 0 Å². The number of halogens is 1. The van der Waals surface area contributed by atoms with E-state index in [1.54, 1.807) is 13.2 Å². The molecule has 2 aliphatic rings. The van der Waals surface area contributed by atoms with E-state index in [1.807, 2.05) is 46.8 Å². The summed E-state index contributed by atoms with van der Waals surface area (Å²) < 4.78 is 21.3. The molecule has 1 N–H and O–H groups in total. The number of hydrogen-bond acceptors (Lipinski definition) is 5. The summed E-state index contributed by atoms with van der Waals surface area (Å²) in [5.41, 5.74) is 3.22. The van der Waals surface area contributed by atoms with Gasteiger partial charge in [-0.05, 0) is 56.6 Å². The lowest BCUT2D eigenvalue weighted by Gasteiger charge is -2.36. The Morgan fingerprint density at radius 1 is 1.14 bits per heavy atom. The molecule has 2 heterocycles. The van der Waals surface area contributed by atoms with Crippen LogP contribution in [0.4, 0.5) is 20.7 Å². The zero-order valence-electron chi connectivity index (χ0n) is 21.8. The van der Waals surface area contributed by atoms with Crippen molar-refractivity contribution < 1.29 is 13.9 Å². The second-order valence-electron chi connectivity index (χ2n) is 9.72. The highest BCUT2D eigenvalue weighted by atomic mass is 19.1. The number of benzene rings is 2. The molecule has 3 aromatic rings. The van der Waals surface area contributed by atoms with Crippen LogP contribution < -0.4 is 15.0 Å². The maximum absolute atomic E-state index is 14.2. The highest BCUT2D eigenvalue weighted by molar-refractivity contribution is 5.90. The molecule has 9 heteroatoms. The van der Waals surface area contributed by atoms with Crippen LogP contribution in [-0.4, -0.2) is 71.5 Å². The monoisotopic (exact) mass is 506 g/mol. The summed E-state index contributed by atoms with van der Waals surface area (Å²) in [6.45, 7) is 9.20. The van der Waals surface area contributed by atoms with E-state index in [1.165, 1.54) is 12.1 Å². The second-order valence-corrected chi connectivity index (χ2v) is 9.72. The van der Waals surface area contributed by atoms with Gasteiger partial charge in [0.05, 0.1) is 25.0 Å². The molecular weight excluding hydrogens is 471 g/mol. The van der Waals surface area contributed by atoms with Gasteiger partial charge < -0.3 is 24.8 Å². The first-order chi connectivity index (χ1) is 18.0. The van der Waals surface area contributed by atoms with E-state index in [0.717, 1.165) is 62.6 Å². The molecule has 2 fully saturated rings. The van der Waals surface area contributed by atoms with E-state index in [2.05, 4.69) is 22.0 Å². The van der Waals surface area contributed by atoms with E-state index in [4.69, 9.17) is 9.84 Å². The number of piperazine rings is 1. The number of rotatable bonds is 8. The van der Waals surface area contributed by atoms with Crippen LogP contribution in [-0.2, 0) is 6.54 Å². The molecule has 1 aliphatic carbocycles. The highest BCUT2D eigenvalue weighted by Crippen LogP contribution is 2.34. The fourth-order valence-electron chi connectivity index (χ4n) is 4.94. The normalized spacial score (nSPS) is 16.1. The largest absolute Gasteiger partial charge is 0.497 e. The van der Waals surface area contributed by atoms with Crippen molar-refractivity contribution in [3.8, 4) is 11.4 Å². The molecule has 0 radical (unpaired) electrons. The number of methoxy groups -OCH3 is 1. The summed E-state index contributed by atoms with van der Waals surface area (Å²) in [4.78, 5) is 20.1. The number of amides is 2. The van der Waals surface area contributed by atoms with Crippen LogP contribution in [0.25, 0.3) is 5.69 Å². The van der Waals surface area contributed by atoms with Crippen LogP contribution in [0.15, 0.2) is 48.5 Å². The summed E-state index contributed by atoms with van der Waals surface area (Å²) in [7, 11) is 1.61. The molecule has 1 saturated carbocycles. The number of anilines is 2. The van der Waals surface area contributed by atoms with Crippen LogP contribution in [0.1, 0.15) is 31.0 Å². The first kappa shape index (κ1) is 25.1. The fourth-order valence-corrected chi connectivity index (χ4v) is 4.94. The lowest BCUT2D eigenvalue weighted by Crippen LogP contribution is -2.47. The Kier molecular flexibility index (Phi) is 7.32. The maximum atomic E-state index is 14.2. The molecular formula is C28H35FN6O2. The van der Waals surface area contributed by atoms with Crippen molar-refractivity contribution in [1.29, 1.82) is 0 Å². The Balaban J connectivity index is 1.47. The van der Waals surface area contributed by atoms with Crippen LogP contribution >= 0.6 is 0 Å². The van der Waals surface area contributed by atoms with E-state index in [9.17, 15) is 9.18 Å². The van der Waals surface area contributed by atoms with Gasteiger partial charge in [0.15, 0.2) is 0 Å². The van der Waals surface area contributed by atoms with Gasteiger partial charge in [0.25, 0.3) is 0 Å². The maximum Gasteiger partial charge on any atom is 0.322 e. The summed E-state index contributed by atoms with van der Waals surface area (Å²) in [6.07, 6.45) is 1.96. The average Bonchev–Trinajstić information content (AvgIpc) is 3.70. The Hall–Kier alpha value is -3.59. The van der Waals surface area contributed by atoms with Crippen LogP contribution in [0.5, 0.6) is 5.75 Å². The molecule has 8 nitrogen and oxygen atoms in total. The third kappa shape index (κ3) is 5.56. The minimum absolute atomic E-state index is 0.143. The molecule has 1 aliphatic heterocycles. The number of ether oxygens (including phenoxy) is 1. The van der Waals surface area contributed by atoms with Crippen LogP contribution in [0.3, 0.4) is 0 Å². The topological polar surface area (TPSA) is 65.9 Å². The number of aryl methyl sites for hydroxylation is 1. The first-order valence-corrected chi connectivity index (χ1v) is 13.0. The summed E-state index contributed by atoms with van der Waals surface area (Å²) in [5.74, 6) is 1.33. The van der Waals surface area contributed by atoms with Gasteiger partial charge >= 0.3 is 6.03 Å². The third-order valence-electron chi connectivity index (χ3n) is 7.23. The summed E-state index contributed by atoms with van der Waals surface area (Å²) >= 11 is 0. The van der Waals surface area contributed by atoms with Crippen molar-refractivity contribution in [3.05, 3.63) is 65.6 Å². The lowest BCUT2D eigenvalue weighted by atomic mass is 10.2. The zero-order chi connectivity index (χ0) is 25.9. The number of carbonyl (C=O) groups is 1. The second kappa shape index (κ2) is 10.8. The molecule has 0 unspecified atom stereocenters. The van der Waals surface area contributed by atoms with Gasteiger partial charge in [0.1, 0.15) is 17.4 Å². The number of urea groups is 1. The van der Waals surface area contributed by atoms with E-state index in [0.29, 0.717) is 23.7 Å². The third-order valence-corrected chi connectivity index (χ3v) is 7.23. The van der Waals surface area contributed by atoms with Crippen molar-refractivity contribution in [1.82, 2.24) is 19.6 Å². The molecule has 5 rings (SSSR count). The Bertz CT molecular complexity index is 1250. The molecule has 0 atom stereocenters. The van der Waals surface area contributed by atoms with E-state index >= 15 is 0 Å². The number of carbonyl (C=O) groups excluding carboxylic acids is 1. The predicted molar refractivity (Wildman–Crippen MR) is 143 cm³/mol. The standard InChI is InChI=1S/C28H35FN6O2/c1-4-32-13-15-33(16-14-32)27-26(20(2)31-35(27)24-9-5-7-21(29)17-24)19-34(23-11-12-23)28(36)30-22-8-6-10-25(18-22)37-3/h5-10,17-18,23H,4,11-16,19H2,1-3H3,(H,30,36). The van der Waals surface area contributed by atoms with E-state index in [-0.39, 0.29) is 17.9 Å². The van der Waals surface area contributed by atoms with Crippen molar-refractivity contribution in [2.45, 2.75) is 39.3 Å². The number of aromatic nitrogens is 2. The highest BCUT2D eigenvalue weighted by Gasteiger charge is 2.35. The quantitative estimate of drug-likeness (QED) is 0.481. The Morgan fingerprint density at radius 2 is 1.89 bits per heavy atom. The number of nitrogens with zero attached hydrogens (tertiary/aromatic N) is 5. The van der Waals surface area contributed by atoms with Crippen molar-refractivity contribution in [2.75, 3.05) is 50.1 Å². The minimum atomic E-state index is -0.300. The van der Waals surface area contributed by atoms with Gasteiger partial charge in [-0.15, -0.1) is 0 Å². The molecule has 0 bridgehead atoms. The molecule has 196 valence electrons. The zero-order valence-corrected chi connectivity index (χ0v) is 21.8. The Labute approximate surface area is 217 Å².